The Balaban J connectivity index is 1.74. The van der Waals surface area contributed by atoms with Crippen molar-refractivity contribution in [2.45, 2.75) is 30.9 Å². The van der Waals surface area contributed by atoms with Crippen molar-refractivity contribution in [1.82, 2.24) is 5.32 Å². The van der Waals surface area contributed by atoms with E-state index in [4.69, 9.17) is 29.0 Å². The van der Waals surface area contributed by atoms with Gasteiger partial charge in [-0.05, 0) is 53.9 Å². The zero-order valence-electron chi connectivity index (χ0n) is 22.5. The standard InChI is InChI=1S/C31H36N2O6/c1-36-19-7-17-32-30(35)31(22-23-9-4-3-5-10-23)28(25-11-6-12-27(21-25)37-2)39-29(33-31)24-13-15-26(16-14-24)38-20-8-18-34/h3-6,9-16,21,28,34H,7-8,17-20,22H2,1-2H3,(H,32,35)/t28-,31-/m1/s1. The number of hydrogen-bond donors (Lipinski definition) is 2. The van der Waals surface area contributed by atoms with Gasteiger partial charge in [-0.25, -0.2) is 4.99 Å². The van der Waals surface area contributed by atoms with Gasteiger partial charge in [0.2, 0.25) is 5.90 Å². The molecule has 0 aliphatic carbocycles. The number of nitrogens with zero attached hydrogens (tertiary/aromatic N) is 1. The van der Waals surface area contributed by atoms with Crippen molar-refractivity contribution in [3.8, 4) is 11.5 Å². The Morgan fingerprint density at radius 1 is 0.974 bits per heavy atom. The number of amides is 1. The quantitative estimate of drug-likeness (QED) is 0.303. The van der Waals surface area contributed by atoms with Gasteiger partial charge in [-0.15, -0.1) is 0 Å². The van der Waals surface area contributed by atoms with Crippen LogP contribution in [0.25, 0.3) is 0 Å². The maximum absolute atomic E-state index is 14.0. The van der Waals surface area contributed by atoms with E-state index < -0.39 is 11.6 Å². The summed E-state index contributed by atoms with van der Waals surface area (Å²) in [6.07, 6.45) is 0.896. The number of aliphatic hydroxyl groups excluding tert-OH is 1. The smallest absolute Gasteiger partial charge is 0.252 e. The molecule has 0 bridgehead atoms. The van der Waals surface area contributed by atoms with E-state index >= 15 is 0 Å². The van der Waals surface area contributed by atoms with Crippen LogP contribution in [-0.4, -0.2) is 63.0 Å². The molecule has 1 aliphatic rings. The Morgan fingerprint density at radius 3 is 2.49 bits per heavy atom. The molecule has 0 saturated carbocycles. The molecule has 3 aromatic carbocycles. The highest BCUT2D eigenvalue weighted by molar-refractivity contribution is 6.01. The Morgan fingerprint density at radius 2 is 1.77 bits per heavy atom. The van der Waals surface area contributed by atoms with Gasteiger partial charge in [0.15, 0.2) is 11.6 Å². The molecule has 0 spiro atoms. The van der Waals surface area contributed by atoms with Crippen LogP contribution in [0.5, 0.6) is 11.5 Å². The van der Waals surface area contributed by atoms with Gasteiger partial charge in [-0.2, -0.15) is 0 Å². The van der Waals surface area contributed by atoms with Crippen LogP contribution in [0.4, 0.5) is 0 Å². The lowest BCUT2D eigenvalue weighted by Crippen LogP contribution is -2.50. The third kappa shape index (κ3) is 6.96. The first-order valence-corrected chi connectivity index (χ1v) is 13.2. The normalized spacial score (nSPS) is 18.2. The van der Waals surface area contributed by atoms with Crippen LogP contribution >= 0.6 is 0 Å². The summed E-state index contributed by atoms with van der Waals surface area (Å²) in [6, 6.07) is 24.8. The van der Waals surface area contributed by atoms with E-state index in [1.165, 1.54) is 0 Å². The molecule has 0 aromatic heterocycles. The summed E-state index contributed by atoms with van der Waals surface area (Å²) in [7, 11) is 3.25. The minimum absolute atomic E-state index is 0.0748. The van der Waals surface area contributed by atoms with Crippen LogP contribution in [0.15, 0.2) is 83.9 Å². The molecular formula is C31H36N2O6. The first kappa shape index (κ1) is 28.1. The largest absolute Gasteiger partial charge is 0.497 e. The van der Waals surface area contributed by atoms with Crippen molar-refractivity contribution in [2.24, 2.45) is 4.99 Å². The van der Waals surface area contributed by atoms with Gasteiger partial charge in [-0.3, -0.25) is 4.79 Å². The summed E-state index contributed by atoms with van der Waals surface area (Å²) in [5, 5.41) is 12.1. The van der Waals surface area contributed by atoms with E-state index in [1.807, 2.05) is 78.9 Å². The van der Waals surface area contributed by atoms with Gasteiger partial charge in [0.1, 0.15) is 11.5 Å². The van der Waals surface area contributed by atoms with Crippen molar-refractivity contribution >= 4 is 11.8 Å². The maximum atomic E-state index is 14.0. The summed E-state index contributed by atoms with van der Waals surface area (Å²) in [4.78, 5) is 19.1. The number of nitrogens with one attached hydrogen (secondary N) is 1. The Labute approximate surface area is 229 Å². The van der Waals surface area contributed by atoms with Gasteiger partial charge in [0.25, 0.3) is 5.91 Å². The molecule has 1 aliphatic heterocycles. The number of hydrogen-bond acceptors (Lipinski definition) is 7. The fraction of sp³-hybridized carbons (Fsp3) is 0.355. The van der Waals surface area contributed by atoms with Crippen LogP contribution in [0.1, 0.15) is 35.6 Å². The highest BCUT2D eigenvalue weighted by atomic mass is 16.5. The highest BCUT2D eigenvalue weighted by Gasteiger charge is 2.53. The lowest BCUT2D eigenvalue weighted by molar-refractivity contribution is -0.129. The van der Waals surface area contributed by atoms with Crippen molar-refractivity contribution in [1.29, 1.82) is 0 Å². The summed E-state index contributed by atoms with van der Waals surface area (Å²) >= 11 is 0. The zero-order valence-corrected chi connectivity index (χ0v) is 22.5. The summed E-state index contributed by atoms with van der Waals surface area (Å²) in [5.41, 5.74) is 1.24. The third-order valence-electron chi connectivity index (χ3n) is 6.55. The molecule has 0 radical (unpaired) electrons. The number of ether oxygens (including phenoxy) is 4. The predicted molar refractivity (Wildman–Crippen MR) is 149 cm³/mol. The highest BCUT2D eigenvalue weighted by Crippen LogP contribution is 2.43. The summed E-state index contributed by atoms with van der Waals surface area (Å²) in [6.45, 7) is 1.50. The van der Waals surface area contributed by atoms with Gasteiger partial charge < -0.3 is 29.4 Å². The van der Waals surface area contributed by atoms with Crippen LogP contribution in [-0.2, 0) is 20.7 Å². The van der Waals surface area contributed by atoms with Crippen LogP contribution in [0.3, 0.4) is 0 Å². The molecule has 8 heteroatoms. The van der Waals surface area contributed by atoms with Gasteiger partial charge in [0, 0.05) is 45.3 Å². The molecule has 3 aromatic rings. The SMILES string of the molecule is COCCCNC(=O)[C@]1(Cc2ccccc2)N=C(c2ccc(OCCCO)cc2)O[C@@H]1c1cccc(OC)c1. The van der Waals surface area contributed by atoms with Gasteiger partial charge in [-0.1, -0.05) is 42.5 Å². The molecule has 2 atom stereocenters. The first-order valence-electron chi connectivity index (χ1n) is 13.2. The number of aliphatic hydroxyl groups is 1. The number of rotatable bonds is 14. The van der Waals surface area contributed by atoms with Crippen LogP contribution in [0, 0.1) is 0 Å². The van der Waals surface area contributed by atoms with Crippen LogP contribution < -0.4 is 14.8 Å². The monoisotopic (exact) mass is 532 g/mol. The molecular weight excluding hydrogens is 496 g/mol. The van der Waals surface area contributed by atoms with E-state index in [0.29, 0.717) is 56.4 Å². The molecule has 0 unspecified atom stereocenters. The number of methoxy groups -OCH3 is 2. The Hall–Kier alpha value is -3.88. The molecule has 2 N–H and O–H groups in total. The average molecular weight is 533 g/mol. The van der Waals surface area contributed by atoms with Crippen molar-refractivity contribution < 1.29 is 28.8 Å². The second-order valence-electron chi connectivity index (χ2n) is 9.33. The van der Waals surface area contributed by atoms with E-state index in [0.717, 1.165) is 16.7 Å². The number of aliphatic imine (C=N–C) groups is 1. The predicted octanol–water partition coefficient (Wildman–Crippen LogP) is 4.11. The van der Waals surface area contributed by atoms with E-state index in [2.05, 4.69) is 5.32 Å². The lowest BCUT2D eigenvalue weighted by Gasteiger charge is -2.31. The number of carbonyl (C=O) groups is 1. The molecule has 0 saturated heterocycles. The second-order valence-corrected chi connectivity index (χ2v) is 9.33. The molecule has 1 heterocycles. The minimum Gasteiger partial charge on any atom is -0.497 e. The van der Waals surface area contributed by atoms with E-state index in [1.54, 1.807) is 14.2 Å². The van der Waals surface area contributed by atoms with E-state index in [9.17, 15) is 4.79 Å². The van der Waals surface area contributed by atoms with Crippen LogP contribution in [0.2, 0.25) is 0 Å². The van der Waals surface area contributed by atoms with E-state index in [-0.39, 0.29) is 12.5 Å². The number of benzene rings is 3. The first-order chi connectivity index (χ1) is 19.1. The molecule has 1 amide bonds. The number of carbonyl (C=O) groups excluding carboxylic acids is 1. The molecule has 39 heavy (non-hydrogen) atoms. The molecule has 4 rings (SSSR count). The zero-order chi connectivity index (χ0) is 27.5. The Kier molecular flexibility index (Phi) is 9.94. The van der Waals surface area contributed by atoms with Gasteiger partial charge >= 0.3 is 0 Å². The lowest BCUT2D eigenvalue weighted by atomic mass is 9.82. The molecule has 206 valence electrons. The maximum Gasteiger partial charge on any atom is 0.252 e. The molecule has 0 fully saturated rings. The van der Waals surface area contributed by atoms with Gasteiger partial charge in [0.05, 0.1) is 13.7 Å². The van der Waals surface area contributed by atoms with Crippen molar-refractivity contribution in [2.75, 3.05) is 40.6 Å². The fourth-order valence-electron chi connectivity index (χ4n) is 4.57. The Bertz CT molecular complexity index is 1230. The minimum atomic E-state index is -1.26. The molecule has 8 nitrogen and oxygen atoms in total. The second kappa shape index (κ2) is 13.8. The van der Waals surface area contributed by atoms with Crippen molar-refractivity contribution in [3.63, 3.8) is 0 Å². The summed E-state index contributed by atoms with van der Waals surface area (Å²) in [5.74, 6) is 1.52. The van der Waals surface area contributed by atoms with Crippen molar-refractivity contribution in [3.05, 3.63) is 95.6 Å². The summed E-state index contributed by atoms with van der Waals surface area (Å²) < 4.78 is 22.9. The fourth-order valence-corrected chi connectivity index (χ4v) is 4.57. The average Bonchev–Trinajstić information content (AvgIpc) is 3.36. The third-order valence-corrected chi connectivity index (χ3v) is 6.55. The topological polar surface area (TPSA) is 98.6 Å².